The van der Waals surface area contributed by atoms with E-state index in [2.05, 4.69) is 0 Å². The van der Waals surface area contributed by atoms with Gasteiger partial charge in [0.2, 0.25) is 5.91 Å². The predicted octanol–water partition coefficient (Wildman–Crippen LogP) is 0.00430. The second-order valence-corrected chi connectivity index (χ2v) is 3.05. The molecule has 2 N–H and O–H groups in total. The largest absolute Gasteiger partial charge is 0.381 e. The van der Waals surface area contributed by atoms with Crippen LogP contribution >= 0.6 is 12.4 Å². The molecule has 1 heterocycles. The Hall–Kier alpha value is -0.320. The fourth-order valence-electron chi connectivity index (χ4n) is 1.42. The van der Waals surface area contributed by atoms with Gasteiger partial charge in [-0.05, 0) is 12.8 Å². The van der Waals surface area contributed by atoms with E-state index < -0.39 is 0 Å². The molecule has 78 valence electrons. The van der Waals surface area contributed by atoms with Crippen molar-refractivity contribution in [1.82, 2.24) is 4.90 Å². The van der Waals surface area contributed by atoms with Crippen LogP contribution in [0.15, 0.2) is 0 Å². The SMILES string of the molecule is CN(C(=O)CN)C1CCOCC1.Cl. The van der Waals surface area contributed by atoms with E-state index in [-0.39, 0.29) is 24.9 Å². The van der Waals surface area contributed by atoms with Crippen molar-refractivity contribution in [3.05, 3.63) is 0 Å². The molecule has 1 fully saturated rings. The van der Waals surface area contributed by atoms with Crippen molar-refractivity contribution >= 4 is 18.3 Å². The lowest BCUT2D eigenvalue weighted by molar-refractivity contribution is -0.132. The van der Waals surface area contributed by atoms with Crippen molar-refractivity contribution in [1.29, 1.82) is 0 Å². The van der Waals surface area contributed by atoms with E-state index in [4.69, 9.17) is 10.5 Å². The third kappa shape index (κ3) is 3.50. The summed E-state index contributed by atoms with van der Waals surface area (Å²) in [6, 6.07) is 0.329. The lowest BCUT2D eigenvalue weighted by Crippen LogP contribution is -2.43. The molecule has 0 atom stereocenters. The van der Waals surface area contributed by atoms with Crippen LogP contribution in [0.1, 0.15) is 12.8 Å². The molecule has 1 amide bonds. The summed E-state index contributed by atoms with van der Waals surface area (Å²) in [5, 5.41) is 0. The van der Waals surface area contributed by atoms with E-state index in [1.165, 1.54) is 0 Å². The quantitative estimate of drug-likeness (QED) is 0.696. The third-order valence-electron chi connectivity index (χ3n) is 2.31. The summed E-state index contributed by atoms with van der Waals surface area (Å²) in [7, 11) is 1.81. The molecule has 0 aliphatic carbocycles. The first-order chi connectivity index (χ1) is 5.75. The smallest absolute Gasteiger partial charge is 0.236 e. The first kappa shape index (κ1) is 12.7. The van der Waals surface area contributed by atoms with Gasteiger partial charge in [0, 0.05) is 26.3 Å². The van der Waals surface area contributed by atoms with Crippen LogP contribution in [0.3, 0.4) is 0 Å². The van der Waals surface area contributed by atoms with Crippen LogP contribution in [0, 0.1) is 0 Å². The molecule has 0 aromatic carbocycles. The van der Waals surface area contributed by atoms with Gasteiger partial charge in [-0.1, -0.05) is 0 Å². The Balaban J connectivity index is 0.00000144. The Labute approximate surface area is 84.8 Å². The molecule has 1 aliphatic heterocycles. The zero-order chi connectivity index (χ0) is 8.97. The molecule has 0 aromatic heterocycles. The number of rotatable bonds is 2. The Kier molecular flexibility index (Phi) is 6.03. The standard InChI is InChI=1S/C8H16N2O2.ClH/c1-10(8(11)6-9)7-2-4-12-5-3-7;/h7H,2-6,9H2,1H3;1H. The van der Waals surface area contributed by atoms with E-state index in [0.717, 1.165) is 26.1 Å². The van der Waals surface area contributed by atoms with Gasteiger partial charge in [0.15, 0.2) is 0 Å². The van der Waals surface area contributed by atoms with Gasteiger partial charge in [0.05, 0.1) is 6.54 Å². The minimum Gasteiger partial charge on any atom is -0.381 e. The van der Waals surface area contributed by atoms with Crippen LogP contribution in [0.5, 0.6) is 0 Å². The topological polar surface area (TPSA) is 55.6 Å². The van der Waals surface area contributed by atoms with E-state index in [0.29, 0.717) is 6.04 Å². The van der Waals surface area contributed by atoms with Crippen molar-refractivity contribution in [2.75, 3.05) is 26.8 Å². The minimum atomic E-state index is 0. The minimum absolute atomic E-state index is 0. The van der Waals surface area contributed by atoms with Gasteiger partial charge in [0.25, 0.3) is 0 Å². The second-order valence-electron chi connectivity index (χ2n) is 3.05. The normalized spacial score (nSPS) is 17.7. The fourth-order valence-corrected chi connectivity index (χ4v) is 1.42. The zero-order valence-electron chi connectivity index (χ0n) is 7.86. The van der Waals surface area contributed by atoms with Crippen LogP contribution in [0.25, 0.3) is 0 Å². The highest BCUT2D eigenvalue weighted by molar-refractivity contribution is 5.85. The van der Waals surface area contributed by atoms with Gasteiger partial charge in [-0.25, -0.2) is 0 Å². The highest BCUT2D eigenvalue weighted by Gasteiger charge is 2.20. The second kappa shape index (κ2) is 6.18. The number of hydrogen-bond acceptors (Lipinski definition) is 3. The van der Waals surface area contributed by atoms with E-state index >= 15 is 0 Å². The molecule has 1 rings (SSSR count). The van der Waals surface area contributed by atoms with Crippen molar-refractivity contribution in [2.24, 2.45) is 5.73 Å². The summed E-state index contributed by atoms with van der Waals surface area (Å²) >= 11 is 0. The Morgan fingerprint density at radius 3 is 2.54 bits per heavy atom. The van der Waals surface area contributed by atoms with Gasteiger partial charge in [-0.15, -0.1) is 12.4 Å². The number of hydrogen-bond donors (Lipinski definition) is 1. The molecule has 4 nitrogen and oxygen atoms in total. The molecule has 13 heavy (non-hydrogen) atoms. The van der Waals surface area contributed by atoms with Gasteiger partial charge in [-0.3, -0.25) is 4.79 Å². The van der Waals surface area contributed by atoms with Crippen LogP contribution in [0.4, 0.5) is 0 Å². The highest BCUT2D eigenvalue weighted by atomic mass is 35.5. The van der Waals surface area contributed by atoms with Crippen molar-refractivity contribution in [3.63, 3.8) is 0 Å². The van der Waals surface area contributed by atoms with Gasteiger partial charge in [0.1, 0.15) is 0 Å². The number of halogens is 1. The third-order valence-corrected chi connectivity index (χ3v) is 2.31. The lowest BCUT2D eigenvalue weighted by Gasteiger charge is -2.30. The number of ether oxygens (including phenoxy) is 1. The van der Waals surface area contributed by atoms with Crippen LogP contribution in [-0.4, -0.2) is 43.7 Å². The molecule has 5 heteroatoms. The maximum absolute atomic E-state index is 11.2. The molecule has 0 aromatic rings. The van der Waals surface area contributed by atoms with Crippen LogP contribution < -0.4 is 5.73 Å². The molecular formula is C8H17ClN2O2. The molecule has 0 saturated carbocycles. The summed E-state index contributed by atoms with van der Waals surface area (Å²) in [5.41, 5.74) is 5.26. The average molecular weight is 209 g/mol. The number of likely N-dealkylation sites (N-methyl/N-ethyl adjacent to an activating group) is 1. The maximum Gasteiger partial charge on any atom is 0.236 e. The van der Waals surface area contributed by atoms with E-state index in [1.54, 1.807) is 4.90 Å². The van der Waals surface area contributed by atoms with Crippen LogP contribution in [-0.2, 0) is 9.53 Å². The average Bonchev–Trinajstić information content (AvgIpc) is 2.17. The van der Waals surface area contributed by atoms with Gasteiger partial charge in [-0.2, -0.15) is 0 Å². The Bertz CT molecular complexity index is 160. The Morgan fingerprint density at radius 2 is 2.08 bits per heavy atom. The van der Waals surface area contributed by atoms with Gasteiger partial charge < -0.3 is 15.4 Å². The molecule has 1 aliphatic rings. The van der Waals surface area contributed by atoms with E-state index in [9.17, 15) is 4.79 Å². The number of nitrogens with two attached hydrogens (primary N) is 1. The summed E-state index contributed by atoms with van der Waals surface area (Å²) < 4.78 is 5.19. The van der Waals surface area contributed by atoms with Crippen molar-refractivity contribution < 1.29 is 9.53 Å². The van der Waals surface area contributed by atoms with Crippen molar-refractivity contribution in [2.45, 2.75) is 18.9 Å². The molecule has 0 spiro atoms. The highest BCUT2D eigenvalue weighted by Crippen LogP contribution is 2.12. The summed E-state index contributed by atoms with van der Waals surface area (Å²) in [6.45, 7) is 1.62. The molecule has 0 bridgehead atoms. The number of carbonyl (C=O) groups excluding carboxylic acids is 1. The van der Waals surface area contributed by atoms with Gasteiger partial charge >= 0.3 is 0 Å². The lowest BCUT2D eigenvalue weighted by atomic mass is 10.1. The van der Waals surface area contributed by atoms with E-state index in [1.807, 2.05) is 7.05 Å². The monoisotopic (exact) mass is 208 g/mol. The summed E-state index contributed by atoms with van der Waals surface area (Å²) in [4.78, 5) is 12.9. The summed E-state index contributed by atoms with van der Waals surface area (Å²) in [5.74, 6) is 0.0156. The molecular weight excluding hydrogens is 192 g/mol. The van der Waals surface area contributed by atoms with Crippen molar-refractivity contribution in [3.8, 4) is 0 Å². The number of nitrogens with zero attached hydrogens (tertiary/aromatic N) is 1. The van der Waals surface area contributed by atoms with Crippen LogP contribution in [0.2, 0.25) is 0 Å². The summed E-state index contributed by atoms with van der Waals surface area (Å²) in [6.07, 6.45) is 1.87. The Morgan fingerprint density at radius 1 is 1.54 bits per heavy atom. The molecule has 0 radical (unpaired) electrons. The predicted molar refractivity (Wildman–Crippen MR) is 52.9 cm³/mol. The zero-order valence-corrected chi connectivity index (χ0v) is 8.68. The first-order valence-electron chi connectivity index (χ1n) is 4.29. The fraction of sp³-hybridized carbons (Fsp3) is 0.875. The number of amides is 1. The molecule has 1 saturated heterocycles. The maximum atomic E-state index is 11.2. The number of carbonyl (C=O) groups is 1. The molecule has 0 unspecified atom stereocenters. The first-order valence-corrected chi connectivity index (χ1v) is 4.29.